The highest BCUT2D eigenvalue weighted by molar-refractivity contribution is 5.95. The van der Waals surface area contributed by atoms with Crippen LogP contribution in [0, 0.1) is 18.6 Å². The van der Waals surface area contributed by atoms with Gasteiger partial charge in [-0.25, -0.2) is 18.3 Å². The van der Waals surface area contributed by atoms with E-state index in [1.54, 1.807) is 13.8 Å². The van der Waals surface area contributed by atoms with E-state index in [0.29, 0.717) is 12.1 Å². The molecule has 2 N–H and O–H groups in total. The molecule has 1 aromatic heterocycles. The Labute approximate surface area is 142 Å². The molecular weight excluding hydrogens is 334 g/mol. The van der Waals surface area contributed by atoms with Crippen molar-refractivity contribution in [1.82, 2.24) is 20.3 Å². The van der Waals surface area contributed by atoms with Gasteiger partial charge in [-0.1, -0.05) is 24.6 Å². The number of hydrogen-bond acceptors (Lipinski definition) is 4. The van der Waals surface area contributed by atoms with Crippen LogP contribution in [0.2, 0.25) is 0 Å². The van der Waals surface area contributed by atoms with Gasteiger partial charge in [0.1, 0.15) is 17.7 Å². The van der Waals surface area contributed by atoms with Gasteiger partial charge in [0.15, 0.2) is 5.69 Å². The molecule has 0 bridgehead atoms. The van der Waals surface area contributed by atoms with E-state index in [-0.39, 0.29) is 24.2 Å². The van der Waals surface area contributed by atoms with Crippen LogP contribution in [-0.2, 0) is 11.3 Å². The molecule has 0 saturated carbocycles. The van der Waals surface area contributed by atoms with Crippen LogP contribution >= 0.6 is 0 Å². The summed E-state index contributed by atoms with van der Waals surface area (Å²) in [6, 6.07) is 2.15. The van der Waals surface area contributed by atoms with E-state index in [0.717, 1.165) is 12.1 Å². The fraction of sp³-hybridized carbons (Fsp3) is 0.375. The summed E-state index contributed by atoms with van der Waals surface area (Å²) >= 11 is 0. The molecule has 0 aliphatic rings. The Morgan fingerprint density at radius 2 is 2.08 bits per heavy atom. The van der Waals surface area contributed by atoms with E-state index in [9.17, 15) is 18.4 Å². The van der Waals surface area contributed by atoms with Crippen molar-refractivity contribution in [3.8, 4) is 0 Å². The van der Waals surface area contributed by atoms with Gasteiger partial charge in [-0.15, -0.1) is 5.10 Å². The minimum Gasteiger partial charge on any atom is -0.480 e. The zero-order valence-corrected chi connectivity index (χ0v) is 13.8. The largest absolute Gasteiger partial charge is 0.480 e. The van der Waals surface area contributed by atoms with Crippen LogP contribution in [0.4, 0.5) is 8.78 Å². The summed E-state index contributed by atoms with van der Waals surface area (Å²) in [5.74, 6) is -3.21. The number of halogens is 2. The average Bonchev–Trinajstić information content (AvgIpc) is 2.90. The first-order chi connectivity index (χ1) is 11.8. The van der Waals surface area contributed by atoms with Gasteiger partial charge in [-0.05, 0) is 19.4 Å². The molecule has 2 aromatic rings. The number of amides is 1. The standard InChI is InChI=1S/C16H18F2N4O3/c1-3-4-13(16(24)25)19-15(23)14-9(2)22(21-20-14)8-10-5-6-11(17)7-12(10)18/h5-7,13H,3-4,8H2,1-2H3,(H,19,23)(H,24,25). The van der Waals surface area contributed by atoms with E-state index < -0.39 is 29.6 Å². The lowest BCUT2D eigenvalue weighted by Crippen LogP contribution is -2.41. The normalized spacial score (nSPS) is 12.0. The van der Waals surface area contributed by atoms with E-state index >= 15 is 0 Å². The number of nitrogens with one attached hydrogen (secondary N) is 1. The van der Waals surface area contributed by atoms with Gasteiger partial charge in [-0.3, -0.25) is 4.79 Å². The molecule has 0 spiro atoms. The number of carboxylic acids is 1. The quantitative estimate of drug-likeness (QED) is 0.793. The highest BCUT2D eigenvalue weighted by Gasteiger charge is 2.23. The van der Waals surface area contributed by atoms with E-state index in [2.05, 4.69) is 15.6 Å². The first kappa shape index (κ1) is 18.5. The Balaban J connectivity index is 2.17. The molecule has 1 atom stereocenters. The highest BCUT2D eigenvalue weighted by atomic mass is 19.1. The molecule has 0 aliphatic carbocycles. The summed E-state index contributed by atoms with van der Waals surface area (Å²) < 4.78 is 28.0. The molecule has 2 rings (SSSR count). The van der Waals surface area contributed by atoms with Crippen molar-refractivity contribution < 1.29 is 23.5 Å². The second kappa shape index (κ2) is 7.82. The maximum atomic E-state index is 13.7. The molecule has 7 nitrogen and oxygen atoms in total. The number of nitrogens with zero attached hydrogens (tertiary/aromatic N) is 3. The maximum Gasteiger partial charge on any atom is 0.326 e. The Morgan fingerprint density at radius 1 is 1.36 bits per heavy atom. The monoisotopic (exact) mass is 352 g/mol. The Bertz CT molecular complexity index is 792. The molecule has 1 unspecified atom stereocenters. The molecule has 1 heterocycles. The minimum atomic E-state index is -1.13. The lowest BCUT2D eigenvalue weighted by molar-refractivity contribution is -0.139. The van der Waals surface area contributed by atoms with Gasteiger partial charge in [0.25, 0.3) is 5.91 Å². The molecule has 134 valence electrons. The minimum absolute atomic E-state index is 0.0322. The maximum absolute atomic E-state index is 13.7. The van der Waals surface area contributed by atoms with E-state index in [4.69, 9.17) is 5.11 Å². The number of benzene rings is 1. The molecular formula is C16H18F2N4O3. The van der Waals surface area contributed by atoms with Crippen LogP contribution < -0.4 is 5.32 Å². The second-order valence-corrected chi connectivity index (χ2v) is 5.57. The Hall–Kier alpha value is -2.84. The summed E-state index contributed by atoms with van der Waals surface area (Å²) in [6.45, 7) is 3.34. The molecule has 1 amide bonds. The predicted molar refractivity (Wildman–Crippen MR) is 84.0 cm³/mol. The highest BCUT2D eigenvalue weighted by Crippen LogP contribution is 2.13. The first-order valence-corrected chi connectivity index (χ1v) is 7.71. The SMILES string of the molecule is CCCC(NC(=O)c1nnn(Cc2ccc(F)cc2F)c1C)C(=O)O. The number of carbonyl (C=O) groups excluding carboxylic acids is 1. The van der Waals surface area contributed by atoms with Gasteiger partial charge in [0.05, 0.1) is 12.2 Å². The Morgan fingerprint density at radius 3 is 2.68 bits per heavy atom. The van der Waals surface area contributed by atoms with Gasteiger partial charge in [0, 0.05) is 11.6 Å². The van der Waals surface area contributed by atoms with Crippen LogP contribution in [0.15, 0.2) is 18.2 Å². The number of aliphatic carboxylic acids is 1. The lowest BCUT2D eigenvalue weighted by Gasteiger charge is -2.12. The molecule has 1 aromatic carbocycles. The molecule has 25 heavy (non-hydrogen) atoms. The van der Waals surface area contributed by atoms with Crippen LogP contribution in [0.1, 0.15) is 41.5 Å². The van der Waals surface area contributed by atoms with Gasteiger partial charge < -0.3 is 10.4 Å². The van der Waals surface area contributed by atoms with Crippen molar-refractivity contribution in [3.63, 3.8) is 0 Å². The van der Waals surface area contributed by atoms with Crippen LogP contribution in [0.3, 0.4) is 0 Å². The Kier molecular flexibility index (Phi) is 5.79. The summed E-state index contributed by atoms with van der Waals surface area (Å²) in [6.07, 6.45) is 0.877. The number of carbonyl (C=O) groups is 2. The lowest BCUT2D eigenvalue weighted by atomic mass is 10.1. The molecule has 0 saturated heterocycles. The third-order valence-electron chi connectivity index (χ3n) is 3.71. The van der Waals surface area contributed by atoms with Crippen molar-refractivity contribution in [2.75, 3.05) is 0 Å². The zero-order valence-electron chi connectivity index (χ0n) is 13.8. The second-order valence-electron chi connectivity index (χ2n) is 5.57. The van der Waals surface area contributed by atoms with E-state index in [1.807, 2.05) is 0 Å². The summed E-state index contributed by atoms with van der Waals surface area (Å²) in [5.41, 5.74) is 0.502. The van der Waals surface area contributed by atoms with Gasteiger partial charge >= 0.3 is 5.97 Å². The predicted octanol–water partition coefficient (Wildman–Crippen LogP) is 1.90. The van der Waals surface area contributed by atoms with E-state index in [1.165, 1.54) is 10.7 Å². The number of aromatic nitrogens is 3. The molecule has 9 heteroatoms. The number of carboxylic acid groups (broad SMARTS) is 1. The van der Waals surface area contributed by atoms with Crippen LogP contribution in [-0.4, -0.2) is 38.0 Å². The number of hydrogen-bond donors (Lipinski definition) is 2. The van der Waals surface area contributed by atoms with Crippen molar-refractivity contribution in [2.45, 2.75) is 39.3 Å². The fourth-order valence-electron chi connectivity index (χ4n) is 2.30. The van der Waals surface area contributed by atoms with Crippen molar-refractivity contribution >= 4 is 11.9 Å². The summed E-state index contributed by atoms with van der Waals surface area (Å²) in [4.78, 5) is 23.3. The van der Waals surface area contributed by atoms with Crippen molar-refractivity contribution in [1.29, 1.82) is 0 Å². The topological polar surface area (TPSA) is 97.1 Å². The van der Waals surface area contributed by atoms with Gasteiger partial charge in [0.2, 0.25) is 0 Å². The molecule has 0 fully saturated rings. The van der Waals surface area contributed by atoms with Crippen molar-refractivity contribution in [2.24, 2.45) is 0 Å². The smallest absolute Gasteiger partial charge is 0.326 e. The fourth-order valence-corrected chi connectivity index (χ4v) is 2.30. The summed E-state index contributed by atoms with van der Waals surface area (Å²) in [5, 5.41) is 19.0. The average molecular weight is 352 g/mol. The third kappa shape index (κ3) is 4.37. The molecule has 0 radical (unpaired) electrons. The van der Waals surface area contributed by atoms with Gasteiger partial charge in [-0.2, -0.15) is 0 Å². The zero-order chi connectivity index (χ0) is 18.6. The summed E-state index contributed by atoms with van der Waals surface area (Å²) in [7, 11) is 0. The number of rotatable bonds is 7. The third-order valence-corrected chi connectivity index (χ3v) is 3.71. The first-order valence-electron chi connectivity index (χ1n) is 7.71. The van der Waals surface area contributed by atoms with Crippen LogP contribution in [0.25, 0.3) is 0 Å². The van der Waals surface area contributed by atoms with Crippen molar-refractivity contribution in [3.05, 3.63) is 46.8 Å². The molecule has 0 aliphatic heterocycles. The van der Waals surface area contributed by atoms with Crippen LogP contribution in [0.5, 0.6) is 0 Å².